The molecule has 4 nitrogen and oxygen atoms in total. The number of hydrogen-bond acceptors (Lipinski definition) is 3. The molecule has 0 saturated heterocycles. The Labute approximate surface area is 130 Å². The molecule has 0 aliphatic carbocycles. The van der Waals surface area contributed by atoms with Crippen molar-refractivity contribution in [2.75, 3.05) is 40.3 Å². The predicted octanol–water partition coefficient (Wildman–Crippen LogP) is 1.69. The van der Waals surface area contributed by atoms with Crippen molar-refractivity contribution in [3.8, 4) is 0 Å². The van der Waals surface area contributed by atoms with E-state index in [0.717, 1.165) is 0 Å². The molecule has 124 valence electrons. The Hall–Kier alpha value is -0.240. The van der Waals surface area contributed by atoms with Gasteiger partial charge in [-0.2, -0.15) is 13.2 Å². The molecule has 1 amide bonds. The molecule has 1 atom stereocenters. The van der Waals surface area contributed by atoms with Gasteiger partial charge in [-0.05, 0) is 27.1 Å². The van der Waals surface area contributed by atoms with Gasteiger partial charge in [0.2, 0.25) is 5.91 Å². The molecular formula is C11H24Cl2F3N3O. The van der Waals surface area contributed by atoms with E-state index in [2.05, 4.69) is 10.6 Å². The van der Waals surface area contributed by atoms with E-state index in [1.165, 1.54) is 11.9 Å². The molecule has 0 aliphatic heterocycles. The fourth-order valence-electron chi connectivity index (χ4n) is 1.52. The molecule has 2 N–H and O–H groups in total. The highest BCUT2D eigenvalue weighted by Gasteiger charge is 2.28. The smallest absolute Gasteiger partial charge is 0.356 e. The lowest BCUT2D eigenvalue weighted by Crippen LogP contribution is -2.37. The van der Waals surface area contributed by atoms with E-state index in [0.29, 0.717) is 26.1 Å². The van der Waals surface area contributed by atoms with Gasteiger partial charge in [0.25, 0.3) is 0 Å². The Morgan fingerprint density at radius 1 is 1.30 bits per heavy atom. The first-order valence-corrected chi connectivity index (χ1v) is 5.94. The third-order valence-electron chi connectivity index (χ3n) is 2.42. The third kappa shape index (κ3) is 14.2. The van der Waals surface area contributed by atoms with Gasteiger partial charge in [0.1, 0.15) is 0 Å². The van der Waals surface area contributed by atoms with Crippen molar-refractivity contribution in [1.82, 2.24) is 15.5 Å². The highest BCUT2D eigenvalue weighted by Crippen LogP contribution is 2.15. The quantitative estimate of drug-likeness (QED) is 0.660. The number of alkyl halides is 3. The number of amides is 1. The average molecular weight is 342 g/mol. The maximum absolute atomic E-state index is 12.0. The standard InChI is InChI=1S/C11H22F3N3O.2ClH/c1-9(7-15-2)10(18)16-5-4-6-17(3)8-11(12,13)14;;/h9,15H,4-8H2,1-3H3,(H,16,18);2*1H. The summed E-state index contributed by atoms with van der Waals surface area (Å²) in [6, 6.07) is 0. The minimum atomic E-state index is -4.17. The summed E-state index contributed by atoms with van der Waals surface area (Å²) in [5.74, 6) is -0.217. The zero-order chi connectivity index (χ0) is 14.2. The van der Waals surface area contributed by atoms with Gasteiger partial charge in [-0.25, -0.2) is 0 Å². The van der Waals surface area contributed by atoms with Gasteiger partial charge in [-0.3, -0.25) is 9.69 Å². The molecule has 0 bridgehead atoms. The van der Waals surface area contributed by atoms with Crippen molar-refractivity contribution < 1.29 is 18.0 Å². The van der Waals surface area contributed by atoms with Crippen LogP contribution in [0.2, 0.25) is 0 Å². The molecule has 9 heteroatoms. The average Bonchev–Trinajstić information content (AvgIpc) is 2.21. The number of nitrogens with zero attached hydrogens (tertiary/aromatic N) is 1. The molecule has 0 heterocycles. The summed E-state index contributed by atoms with van der Waals surface area (Å²) < 4.78 is 36.0. The van der Waals surface area contributed by atoms with Crippen LogP contribution in [0, 0.1) is 5.92 Å². The SMILES string of the molecule is CNCC(C)C(=O)NCCCN(C)CC(F)(F)F.Cl.Cl. The molecule has 0 aromatic rings. The van der Waals surface area contributed by atoms with Crippen LogP contribution in [0.4, 0.5) is 13.2 Å². The third-order valence-corrected chi connectivity index (χ3v) is 2.42. The van der Waals surface area contributed by atoms with Crippen molar-refractivity contribution in [1.29, 1.82) is 0 Å². The highest BCUT2D eigenvalue weighted by atomic mass is 35.5. The van der Waals surface area contributed by atoms with E-state index in [4.69, 9.17) is 0 Å². The van der Waals surface area contributed by atoms with Crippen LogP contribution in [0.15, 0.2) is 0 Å². The Balaban J connectivity index is -0.00000144. The summed E-state index contributed by atoms with van der Waals surface area (Å²) >= 11 is 0. The van der Waals surface area contributed by atoms with Crippen molar-refractivity contribution >= 4 is 30.7 Å². The maximum atomic E-state index is 12.0. The second kappa shape index (κ2) is 12.5. The van der Waals surface area contributed by atoms with Crippen LogP contribution in [-0.2, 0) is 4.79 Å². The summed E-state index contributed by atoms with van der Waals surface area (Å²) in [6.07, 6.45) is -3.66. The molecule has 0 aromatic carbocycles. The Kier molecular flexibility index (Phi) is 15.5. The summed E-state index contributed by atoms with van der Waals surface area (Å²) in [6.45, 7) is 2.16. The Morgan fingerprint density at radius 2 is 1.85 bits per heavy atom. The maximum Gasteiger partial charge on any atom is 0.401 e. The van der Waals surface area contributed by atoms with Crippen LogP contribution in [0.1, 0.15) is 13.3 Å². The lowest BCUT2D eigenvalue weighted by molar-refractivity contribution is -0.143. The van der Waals surface area contributed by atoms with Gasteiger partial charge in [0.05, 0.1) is 6.54 Å². The normalized spacial score (nSPS) is 12.3. The van der Waals surface area contributed by atoms with Crippen molar-refractivity contribution in [2.24, 2.45) is 5.92 Å². The van der Waals surface area contributed by atoms with Crippen LogP contribution in [0.25, 0.3) is 0 Å². The van der Waals surface area contributed by atoms with Gasteiger partial charge in [0.15, 0.2) is 0 Å². The summed E-state index contributed by atoms with van der Waals surface area (Å²) in [7, 11) is 3.18. The van der Waals surface area contributed by atoms with Crippen LogP contribution >= 0.6 is 24.8 Å². The number of halogens is 5. The van der Waals surface area contributed by atoms with Gasteiger partial charge in [0, 0.05) is 19.0 Å². The fourth-order valence-corrected chi connectivity index (χ4v) is 1.52. The molecule has 0 fully saturated rings. The first kappa shape index (κ1) is 24.8. The molecule has 1 unspecified atom stereocenters. The highest BCUT2D eigenvalue weighted by molar-refractivity contribution is 5.85. The van der Waals surface area contributed by atoms with Crippen LogP contribution < -0.4 is 10.6 Å². The minimum absolute atomic E-state index is 0. The van der Waals surface area contributed by atoms with Gasteiger partial charge in [-0.15, -0.1) is 24.8 Å². The molecule has 20 heavy (non-hydrogen) atoms. The Morgan fingerprint density at radius 3 is 2.30 bits per heavy atom. The molecular weight excluding hydrogens is 318 g/mol. The van der Waals surface area contributed by atoms with Crippen LogP contribution in [0.5, 0.6) is 0 Å². The Bertz CT molecular complexity index is 256. The van der Waals surface area contributed by atoms with Gasteiger partial charge in [-0.1, -0.05) is 6.92 Å². The number of rotatable bonds is 8. The minimum Gasteiger partial charge on any atom is -0.356 e. The van der Waals surface area contributed by atoms with E-state index < -0.39 is 12.7 Å². The zero-order valence-corrected chi connectivity index (χ0v) is 13.6. The van der Waals surface area contributed by atoms with E-state index in [1.807, 2.05) is 0 Å². The number of nitrogens with one attached hydrogen (secondary N) is 2. The summed E-state index contributed by atoms with van der Waals surface area (Å²) in [5.41, 5.74) is 0. The zero-order valence-electron chi connectivity index (χ0n) is 11.9. The lowest BCUT2D eigenvalue weighted by Gasteiger charge is -2.18. The second-order valence-corrected chi connectivity index (χ2v) is 4.46. The van der Waals surface area contributed by atoms with E-state index in [-0.39, 0.29) is 36.6 Å². The molecule has 0 spiro atoms. The van der Waals surface area contributed by atoms with Crippen molar-refractivity contribution in [3.63, 3.8) is 0 Å². The largest absolute Gasteiger partial charge is 0.401 e. The summed E-state index contributed by atoms with van der Waals surface area (Å²) in [5, 5.41) is 5.59. The number of hydrogen-bond donors (Lipinski definition) is 2. The van der Waals surface area contributed by atoms with Crippen molar-refractivity contribution in [3.05, 3.63) is 0 Å². The monoisotopic (exact) mass is 341 g/mol. The van der Waals surface area contributed by atoms with E-state index >= 15 is 0 Å². The van der Waals surface area contributed by atoms with Crippen LogP contribution in [-0.4, -0.2) is 57.3 Å². The lowest BCUT2D eigenvalue weighted by atomic mass is 10.1. The molecule has 0 saturated carbocycles. The van der Waals surface area contributed by atoms with Crippen molar-refractivity contribution in [2.45, 2.75) is 19.5 Å². The fraction of sp³-hybridized carbons (Fsp3) is 0.909. The predicted molar refractivity (Wildman–Crippen MR) is 78.8 cm³/mol. The first-order chi connectivity index (χ1) is 8.26. The van der Waals surface area contributed by atoms with E-state index in [1.54, 1.807) is 14.0 Å². The van der Waals surface area contributed by atoms with Gasteiger partial charge >= 0.3 is 6.18 Å². The molecule has 0 aromatic heterocycles. The van der Waals surface area contributed by atoms with Crippen LogP contribution in [0.3, 0.4) is 0 Å². The molecule has 0 radical (unpaired) electrons. The number of carbonyl (C=O) groups is 1. The summed E-state index contributed by atoms with van der Waals surface area (Å²) in [4.78, 5) is 12.7. The molecule has 0 rings (SSSR count). The first-order valence-electron chi connectivity index (χ1n) is 5.94. The van der Waals surface area contributed by atoms with E-state index in [9.17, 15) is 18.0 Å². The topological polar surface area (TPSA) is 44.4 Å². The second-order valence-electron chi connectivity index (χ2n) is 4.46. The molecule has 0 aliphatic rings. The van der Waals surface area contributed by atoms with Gasteiger partial charge < -0.3 is 10.6 Å². The number of carbonyl (C=O) groups excluding carboxylic acids is 1.